The summed E-state index contributed by atoms with van der Waals surface area (Å²) in [6, 6.07) is 10.3. The fourth-order valence-electron chi connectivity index (χ4n) is 2.11. The SMILES string of the molecule is CC(C)COc1cc(OC(C)C)cc(C(=O)Nc2ccc(C#N)cn2)c1. The van der Waals surface area contributed by atoms with E-state index in [2.05, 4.69) is 24.1 Å². The lowest BCUT2D eigenvalue weighted by Crippen LogP contribution is -2.14. The maximum Gasteiger partial charge on any atom is 0.257 e. The molecule has 26 heavy (non-hydrogen) atoms. The molecule has 0 aliphatic rings. The summed E-state index contributed by atoms with van der Waals surface area (Å²) in [5, 5.41) is 11.5. The number of ether oxygens (including phenoxy) is 2. The molecule has 0 saturated heterocycles. The molecule has 6 heteroatoms. The summed E-state index contributed by atoms with van der Waals surface area (Å²) in [4.78, 5) is 16.6. The summed E-state index contributed by atoms with van der Waals surface area (Å²) in [6.45, 7) is 8.49. The first-order valence-electron chi connectivity index (χ1n) is 8.49. The second-order valence-corrected chi connectivity index (χ2v) is 6.56. The van der Waals surface area contributed by atoms with Gasteiger partial charge in [0.15, 0.2) is 0 Å². The Kier molecular flexibility index (Phi) is 6.56. The number of carbonyl (C=O) groups excluding carboxylic acids is 1. The van der Waals surface area contributed by atoms with E-state index in [1.807, 2.05) is 19.9 Å². The van der Waals surface area contributed by atoms with Gasteiger partial charge >= 0.3 is 0 Å². The molecule has 0 aliphatic heterocycles. The third-order valence-electron chi connectivity index (χ3n) is 3.23. The topological polar surface area (TPSA) is 84.2 Å². The van der Waals surface area contributed by atoms with Crippen LogP contribution in [0.4, 0.5) is 5.82 Å². The fourth-order valence-corrected chi connectivity index (χ4v) is 2.11. The highest BCUT2D eigenvalue weighted by molar-refractivity contribution is 6.04. The quantitative estimate of drug-likeness (QED) is 0.812. The maximum absolute atomic E-state index is 12.6. The molecule has 136 valence electrons. The monoisotopic (exact) mass is 353 g/mol. The summed E-state index contributed by atoms with van der Waals surface area (Å²) >= 11 is 0. The Hall–Kier alpha value is -3.07. The van der Waals surface area contributed by atoms with Crippen LogP contribution in [0, 0.1) is 17.2 Å². The van der Waals surface area contributed by atoms with Crippen LogP contribution in [0.25, 0.3) is 0 Å². The van der Waals surface area contributed by atoms with Crippen LogP contribution in [0.5, 0.6) is 11.5 Å². The van der Waals surface area contributed by atoms with E-state index in [0.29, 0.717) is 41.0 Å². The molecular weight excluding hydrogens is 330 g/mol. The van der Waals surface area contributed by atoms with Crippen molar-refractivity contribution in [1.29, 1.82) is 5.26 Å². The van der Waals surface area contributed by atoms with Gasteiger partial charge in [-0.1, -0.05) is 13.8 Å². The highest BCUT2D eigenvalue weighted by Gasteiger charge is 2.12. The van der Waals surface area contributed by atoms with Crippen LogP contribution in [-0.2, 0) is 0 Å². The summed E-state index contributed by atoms with van der Waals surface area (Å²) in [5.41, 5.74) is 0.841. The van der Waals surface area contributed by atoms with E-state index >= 15 is 0 Å². The van der Waals surface area contributed by atoms with E-state index in [0.717, 1.165) is 0 Å². The minimum Gasteiger partial charge on any atom is -0.493 e. The van der Waals surface area contributed by atoms with Crippen molar-refractivity contribution in [3.63, 3.8) is 0 Å². The first kappa shape index (κ1) is 19.3. The van der Waals surface area contributed by atoms with Crippen LogP contribution in [0.1, 0.15) is 43.6 Å². The van der Waals surface area contributed by atoms with Crippen LogP contribution >= 0.6 is 0 Å². The zero-order valence-corrected chi connectivity index (χ0v) is 15.4. The van der Waals surface area contributed by atoms with Gasteiger partial charge in [-0.2, -0.15) is 5.26 Å². The van der Waals surface area contributed by atoms with Gasteiger partial charge < -0.3 is 14.8 Å². The van der Waals surface area contributed by atoms with Gasteiger partial charge in [-0.3, -0.25) is 4.79 Å². The van der Waals surface area contributed by atoms with Crippen molar-refractivity contribution in [3.8, 4) is 17.6 Å². The second-order valence-electron chi connectivity index (χ2n) is 6.56. The van der Waals surface area contributed by atoms with Crippen LogP contribution in [0.3, 0.4) is 0 Å². The van der Waals surface area contributed by atoms with Crippen molar-refractivity contribution in [2.45, 2.75) is 33.8 Å². The number of pyridine rings is 1. The molecule has 0 bridgehead atoms. The minimum absolute atomic E-state index is 0.0218. The Bertz CT molecular complexity index is 793. The van der Waals surface area contributed by atoms with Gasteiger partial charge in [-0.25, -0.2) is 4.98 Å². The summed E-state index contributed by atoms with van der Waals surface area (Å²) < 4.78 is 11.5. The van der Waals surface area contributed by atoms with E-state index in [4.69, 9.17) is 14.7 Å². The molecule has 0 saturated carbocycles. The van der Waals surface area contributed by atoms with E-state index in [9.17, 15) is 4.79 Å². The van der Waals surface area contributed by atoms with Crippen LogP contribution in [-0.4, -0.2) is 23.6 Å². The Balaban J connectivity index is 2.22. The Morgan fingerprint density at radius 3 is 2.50 bits per heavy atom. The fraction of sp³-hybridized carbons (Fsp3) is 0.350. The second kappa shape index (κ2) is 8.86. The number of nitriles is 1. The highest BCUT2D eigenvalue weighted by atomic mass is 16.5. The minimum atomic E-state index is -0.328. The predicted octanol–water partition coefficient (Wildman–Crippen LogP) is 4.03. The van der Waals surface area contributed by atoms with Gasteiger partial charge in [0.2, 0.25) is 0 Å². The van der Waals surface area contributed by atoms with Gasteiger partial charge in [0.1, 0.15) is 23.4 Å². The van der Waals surface area contributed by atoms with Gasteiger partial charge in [0, 0.05) is 17.8 Å². The van der Waals surface area contributed by atoms with Gasteiger partial charge in [0.05, 0.1) is 18.3 Å². The lowest BCUT2D eigenvalue weighted by atomic mass is 10.1. The number of carbonyl (C=O) groups is 1. The predicted molar refractivity (Wildman–Crippen MR) is 99.4 cm³/mol. The average Bonchev–Trinajstić information content (AvgIpc) is 2.60. The standard InChI is InChI=1S/C20H23N3O3/c1-13(2)12-25-17-7-16(8-18(9-17)26-14(3)4)20(24)23-19-6-5-15(10-21)11-22-19/h5-9,11,13-14H,12H2,1-4H3,(H,22,23,24). The Labute approximate surface area is 153 Å². The summed E-state index contributed by atoms with van der Waals surface area (Å²) in [7, 11) is 0. The third kappa shape index (κ3) is 5.78. The molecule has 2 rings (SSSR count). The molecule has 6 nitrogen and oxygen atoms in total. The lowest BCUT2D eigenvalue weighted by molar-refractivity contribution is 0.102. The first-order chi connectivity index (χ1) is 12.4. The lowest BCUT2D eigenvalue weighted by Gasteiger charge is -2.15. The highest BCUT2D eigenvalue weighted by Crippen LogP contribution is 2.25. The number of nitrogens with zero attached hydrogens (tertiary/aromatic N) is 2. The number of hydrogen-bond donors (Lipinski definition) is 1. The van der Waals surface area contributed by atoms with Crippen molar-refractivity contribution in [2.24, 2.45) is 5.92 Å². The van der Waals surface area contributed by atoms with Crippen molar-refractivity contribution in [1.82, 2.24) is 4.98 Å². The van der Waals surface area contributed by atoms with Crippen LogP contribution in [0.15, 0.2) is 36.5 Å². The zero-order chi connectivity index (χ0) is 19.1. The van der Waals surface area contributed by atoms with Gasteiger partial charge in [-0.05, 0) is 44.0 Å². The number of rotatable bonds is 7. The maximum atomic E-state index is 12.6. The van der Waals surface area contributed by atoms with Crippen molar-refractivity contribution < 1.29 is 14.3 Å². The van der Waals surface area contributed by atoms with Crippen LogP contribution < -0.4 is 14.8 Å². The number of hydrogen-bond acceptors (Lipinski definition) is 5. The normalized spacial score (nSPS) is 10.5. The smallest absolute Gasteiger partial charge is 0.257 e. The van der Waals surface area contributed by atoms with E-state index in [1.54, 1.807) is 30.3 Å². The molecule has 0 atom stereocenters. The number of anilines is 1. The number of aromatic nitrogens is 1. The van der Waals surface area contributed by atoms with Gasteiger partial charge in [0.25, 0.3) is 5.91 Å². The van der Waals surface area contributed by atoms with E-state index in [-0.39, 0.29) is 12.0 Å². The molecule has 0 radical (unpaired) electrons. The third-order valence-corrected chi connectivity index (χ3v) is 3.23. The number of benzene rings is 1. The summed E-state index contributed by atoms with van der Waals surface area (Å²) in [6.07, 6.45) is 1.39. The van der Waals surface area contributed by atoms with Crippen molar-refractivity contribution >= 4 is 11.7 Å². The molecule has 0 unspecified atom stereocenters. The molecule has 1 aromatic carbocycles. The molecule has 0 aliphatic carbocycles. The molecule has 0 fully saturated rings. The molecular formula is C20H23N3O3. The van der Waals surface area contributed by atoms with Crippen LogP contribution in [0.2, 0.25) is 0 Å². The largest absolute Gasteiger partial charge is 0.493 e. The molecule has 1 aromatic heterocycles. The Morgan fingerprint density at radius 2 is 1.92 bits per heavy atom. The Morgan fingerprint density at radius 1 is 1.19 bits per heavy atom. The number of nitrogens with one attached hydrogen (secondary N) is 1. The molecule has 2 aromatic rings. The van der Waals surface area contributed by atoms with Gasteiger partial charge in [-0.15, -0.1) is 0 Å². The molecule has 1 heterocycles. The zero-order valence-electron chi connectivity index (χ0n) is 15.4. The van der Waals surface area contributed by atoms with Crippen molar-refractivity contribution in [3.05, 3.63) is 47.7 Å². The molecule has 0 spiro atoms. The molecule has 1 N–H and O–H groups in total. The molecule has 1 amide bonds. The number of amides is 1. The average molecular weight is 353 g/mol. The first-order valence-corrected chi connectivity index (χ1v) is 8.49. The van der Waals surface area contributed by atoms with E-state index in [1.165, 1.54) is 6.20 Å². The van der Waals surface area contributed by atoms with E-state index < -0.39 is 0 Å². The summed E-state index contributed by atoms with van der Waals surface area (Å²) in [5.74, 6) is 1.55. The van der Waals surface area contributed by atoms with Crippen molar-refractivity contribution in [2.75, 3.05) is 11.9 Å².